The van der Waals surface area contributed by atoms with Gasteiger partial charge in [-0.15, -0.1) is 0 Å². The van der Waals surface area contributed by atoms with Crippen LogP contribution in [0.2, 0.25) is 0 Å². The Bertz CT molecular complexity index is 506. The molecule has 1 aromatic carbocycles. The van der Waals surface area contributed by atoms with Gasteiger partial charge in [0.1, 0.15) is 0 Å². The Labute approximate surface area is 122 Å². The summed E-state index contributed by atoms with van der Waals surface area (Å²) in [6.45, 7) is 5.12. The first-order chi connectivity index (χ1) is 9.68. The third-order valence-electron chi connectivity index (χ3n) is 5.34. The number of piperidine rings is 1. The summed E-state index contributed by atoms with van der Waals surface area (Å²) in [6, 6.07) is 6.60. The number of carbonyl (C=O) groups is 1. The van der Waals surface area contributed by atoms with Crippen molar-refractivity contribution in [2.45, 2.75) is 58.4 Å². The summed E-state index contributed by atoms with van der Waals surface area (Å²) in [5, 5.41) is 0. The van der Waals surface area contributed by atoms with Gasteiger partial charge in [0.25, 0.3) is 5.91 Å². The van der Waals surface area contributed by atoms with Crippen LogP contribution in [-0.4, -0.2) is 23.4 Å². The lowest BCUT2D eigenvalue weighted by Crippen LogP contribution is -2.49. The highest BCUT2D eigenvalue weighted by Crippen LogP contribution is 2.36. The summed E-state index contributed by atoms with van der Waals surface area (Å²) in [6.07, 6.45) is 7.67. The van der Waals surface area contributed by atoms with Crippen molar-refractivity contribution in [2.75, 3.05) is 6.54 Å². The quantitative estimate of drug-likeness (QED) is 0.753. The number of fused-ring (bicyclic) bond motifs is 1. The first-order valence-corrected chi connectivity index (χ1v) is 8.05. The minimum Gasteiger partial charge on any atom is -0.335 e. The van der Waals surface area contributed by atoms with E-state index in [1.165, 1.54) is 44.1 Å². The van der Waals surface area contributed by atoms with E-state index in [9.17, 15) is 4.79 Å². The van der Waals surface area contributed by atoms with Gasteiger partial charge in [0.2, 0.25) is 0 Å². The molecule has 1 saturated carbocycles. The zero-order chi connectivity index (χ0) is 14.1. The lowest BCUT2D eigenvalue weighted by atomic mass is 9.78. The molecule has 2 atom stereocenters. The van der Waals surface area contributed by atoms with Crippen molar-refractivity contribution in [3.05, 3.63) is 34.9 Å². The molecule has 1 saturated heterocycles. The average Bonchev–Trinajstić information content (AvgIpc) is 2.49. The molecule has 0 spiro atoms. The lowest BCUT2D eigenvalue weighted by molar-refractivity contribution is 0.0390. The van der Waals surface area contributed by atoms with Gasteiger partial charge in [-0.2, -0.15) is 0 Å². The molecule has 1 aliphatic carbocycles. The molecule has 2 heteroatoms. The van der Waals surface area contributed by atoms with Gasteiger partial charge in [0.05, 0.1) is 0 Å². The highest BCUT2D eigenvalue weighted by Gasteiger charge is 2.36. The van der Waals surface area contributed by atoms with Crippen LogP contribution in [0.25, 0.3) is 0 Å². The van der Waals surface area contributed by atoms with Crippen molar-refractivity contribution in [3.8, 4) is 0 Å². The summed E-state index contributed by atoms with van der Waals surface area (Å²) < 4.78 is 0. The first-order valence-electron chi connectivity index (χ1n) is 8.05. The Morgan fingerprint density at radius 3 is 2.70 bits per heavy atom. The fourth-order valence-electron chi connectivity index (χ4n) is 4.01. The van der Waals surface area contributed by atoms with Gasteiger partial charge in [0, 0.05) is 18.2 Å². The number of hydrogen-bond acceptors (Lipinski definition) is 1. The molecule has 1 heterocycles. The average molecular weight is 271 g/mol. The predicted molar refractivity (Wildman–Crippen MR) is 81.9 cm³/mol. The van der Waals surface area contributed by atoms with Gasteiger partial charge in [-0.05, 0) is 62.6 Å². The highest BCUT2D eigenvalue weighted by molar-refractivity contribution is 5.96. The molecule has 2 aliphatic rings. The molecule has 108 valence electrons. The van der Waals surface area contributed by atoms with E-state index in [0.29, 0.717) is 6.04 Å². The zero-order valence-electron chi connectivity index (χ0n) is 12.7. The molecule has 3 rings (SSSR count). The minimum atomic E-state index is 0.266. The van der Waals surface area contributed by atoms with E-state index in [2.05, 4.69) is 24.8 Å². The fraction of sp³-hybridized carbons (Fsp3) is 0.611. The molecule has 20 heavy (non-hydrogen) atoms. The standard InChI is InChI=1S/C18H25NO/c1-13-7-5-10-16(14(13)2)18(20)19-12-6-9-15-8-3-4-11-17(15)19/h5,7,10,15,17H,3-4,6,8-9,11-12H2,1-2H3. The van der Waals surface area contributed by atoms with E-state index in [0.717, 1.165) is 23.6 Å². The third kappa shape index (κ3) is 2.36. The van der Waals surface area contributed by atoms with Crippen molar-refractivity contribution >= 4 is 5.91 Å². The Morgan fingerprint density at radius 1 is 1.10 bits per heavy atom. The first kappa shape index (κ1) is 13.7. The Kier molecular flexibility index (Phi) is 3.82. The Balaban J connectivity index is 1.87. The zero-order valence-corrected chi connectivity index (χ0v) is 12.7. The summed E-state index contributed by atoms with van der Waals surface area (Å²) in [7, 11) is 0. The van der Waals surface area contributed by atoms with Crippen LogP contribution < -0.4 is 0 Å². The maximum absolute atomic E-state index is 13.0. The van der Waals surface area contributed by atoms with E-state index < -0.39 is 0 Å². The maximum atomic E-state index is 13.0. The van der Waals surface area contributed by atoms with Gasteiger partial charge in [-0.3, -0.25) is 4.79 Å². The van der Waals surface area contributed by atoms with Crippen molar-refractivity contribution in [1.82, 2.24) is 4.90 Å². The van der Waals surface area contributed by atoms with Crippen molar-refractivity contribution in [1.29, 1.82) is 0 Å². The topological polar surface area (TPSA) is 20.3 Å². The largest absolute Gasteiger partial charge is 0.335 e. The van der Waals surface area contributed by atoms with Crippen LogP contribution in [0.1, 0.15) is 60.0 Å². The second kappa shape index (κ2) is 5.59. The predicted octanol–water partition coefficient (Wildman–Crippen LogP) is 4.10. The number of hydrogen-bond donors (Lipinski definition) is 0. The van der Waals surface area contributed by atoms with Crippen LogP contribution in [-0.2, 0) is 0 Å². The third-order valence-corrected chi connectivity index (χ3v) is 5.34. The van der Waals surface area contributed by atoms with E-state index in [1.807, 2.05) is 12.1 Å². The summed E-state index contributed by atoms with van der Waals surface area (Å²) in [4.78, 5) is 15.1. The van der Waals surface area contributed by atoms with E-state index in [1.54, 1.807) is 0 Å². The maximum Gasteiger partial charge on any atom is 0.254 e. The number of nitrogens with zero attached hydrogens (tertiary/aromatic N) is 1. The molecular formula is C18H25NO. The molecule has 0 aromatic heterocycles. The number of amides is 1. The lowest BCUT2D eigenvalue weighted by Gasteiger charge is -2.44. The van der Waals surface area contributed by atoms with Gasteiger partial charge >= 0.3 is 0 Å². The summed E-state index contributed by atoms with van der Waals surface area (Å²) >= 11 is 0. The second-order valence-corrected chi connectivity index (χ2v) is 6.50. The molecular weight excluding hydrogens is 246 g/mol. The molecule has 2 fully saturated rings. The van der Waals surface area contributed by atoms with E-state index in [4.69, 9.17) is 0 Å². The van der Waals surface area contributed by atoms with E-state index in [-0.39, 0.29) is 5.91 Å². The fourth-order valence-corrected chi connectivity index (χ4v) is 4.01. The van der Waals surface area contributed by atoms with Gasteiger partial charge in [-0.1, -0.05) is 25.0 Å². The molecule has 1 aromatic rings. The summed E-state index contributed by atoms with van der Waals surface area (Å²) in [5.74, 6) is 1.02. The molecule has 1 amide bonds. The molecule has 0 bridgehead atoms. The Morgan fingerprint density at radius 2 is 1.85 bits per heavy atom. The molecule has 2 unspecified atom stereocenters. The molecule has 1 aliphatic heterocycles. The molecule has 0 N–H and O–H groups in total. The SMILES string of the molecule is Cc1cccc(C(=O)N2CCCC3CCCCC32)c1C. The monoisotopic (exact) mass is 271 g/mol. The van der Waals surface area contributed by atoms with Crippen molar-refractivity contribution in [2.24, 2.45) is 5.92 Å². The number of rotatable bonds is 1. The molecule has 2 nitrogen and oxygen atoms in total. The van der Waals surface area contributed by atoms with Crippen molar-refractivity contribution < 1.29 is 4.79 Å². The van der Waals surface area contributed by atoms with Gasteiger partial charge in [0.15, 0.2) is 0 Å². The number of carbonyl (C=O) groups excluding carboxylic acids is 1. The summed E-state index contributed by atoms with van der Waals surface area (Å²) in [5.41, 5.74) is 3.28. The van der Waals surface area contributed by atoms with Crippen LogP contribution in [0.5, 0.6) is 0 Å². The number of benzene rings is 1. The number of aryl methyl sites for hydroxylation is 1. The van der Waals surface area contributed by atoms with Crippen molar-refractivity contribution in [3.63, 3.8) is 0 Å². The van der Waals surface area contributed by atoms with Crippen LogP contribution in [0.15, 0.2) is 18.2 Å². The van der Waals surface area contributed by atoms with Gasteiger partial charge in [-0.25, -0.2) is 0 Å². The van der Waals surface area contributed by atoms with Gasteiger partial charge < -0.3 is 4.90 Å². The van der Waals surface area contributed by atoms with Crippen LogP contribution >= 0.6 is 0 Å². The second-order valence-electron chi connectivity index (χ2n) is 6.50. The smallest absolute Gasteiger partial charge is 0.254 e. The number of likely N-dealkylation sites (tertiary alicyclic amines) is 1. The van der Waals surface area contributed by atoms with Crippen LogP contribution in [0.4, 0.5) is 0 Å². The normalized spacial score (nSPS) is 26.2. The minimum absolute atomic E-state index is 0.266. The van der Waals surface area contributed by atoms with Crippen LogP contribution in [0.3, 0.4) is 0 Å². The Hall–Kier alpha value is -1.31. The highest BCUT2D eigenvalue weighted by atomic mass is 16.2. The van der Waals surface area contributed by atoms with E-state index >= 15 is 0 Å². The van der Waals surface area contributed by atoms with Crippen LogP contribution in [0, 0.1) is 19.8 Å². The molecule has 0 radical (unpaired) electrons.